The van der Waals surface area contributed by atoms with Gasteiger partial charge in [-0.05, 0) is 68.0 Å². The van der Waals surface area contributed by atoms with Gasteiger partial charge in [0.15, 0.2) is 0 Å². The van der Waals surface area contributed by atoms with Crippen LogP contribution in [0.5, 0.6) is 5.75 Å². The number of methoxy groups -OCH3 is 1. The molecule has 190 valence electrons. The summed E-state index contributed by atoms with van der Waals surface area (Å²) >= 11 is 0. The summed E-state index contributed by atoms with van der Waals surface area (Å²) in [6.07, 6.45) is 8.34. The first-order chi connectivity index (χ1) is 17.0. The molecule has 0 aliphatic carbocycles. The van der Waals surface area contributed by atoms with Crippen LogP contribution in [-0.2, 0) is 21.2 Å². The van der Waals surface area contributed by atoms with Crippen molar-refractivity contribution in [2.24, 2.45) is 0 Å². The molecule has 2 aliphatic rings. The van der Waals surface area contributed by atoms with Crippen molar-refractivity contribution in [1.29, 1.82) is 0 Å². The fourth-order valence-electron chi connectivity index (χ4n) is 4.88. The molecule has 0 bridgehead atoms. The molecule has 8 heteroatoms. The molecule has 1 N–H and O–H groups in total. The molecular weight excluding hydrogens is 462 g/mol. The van der Waals surface area contributed by atoms with Crippen LogP contribution in [-0.4, -0.2) is 51.9 Å². The lowest BCUT2D eigenvalue weighted by Gasteiger charge is -2.28. The van der Waals surface area contributed by atoms with Gasteiger partial charge >= 0.3 is 0 Å². The summed E-state index contributed by atoms with van der Waals surface area (Å²) in [5, 5.41) is 3.05. The van der Waals surface area contributed by atoms with Gasteiger partial charge < -0.3 is 15.0 Å². The van der Waals surface area contributed by atoms with Gasteiger partial charge in [0.1, 0.15) is 5.75 Å². The number of ether oxygens (including phenoxy) is 1. The van der Waals surface area contributed by atoms with Crippen LogP contribution in [0, 0.1) is 0 Å². The molecule has 2 heterocycles. The number of nitrogens with zero attached hydrogens (tertiary/aromatic N) is 2. The summed E-state index contributed by atoms with van der Waals surface area (Å²) in [6.45, 7) is 2.93. The largest absolute Gasteiger partial charge is 0.497 e. The van der Waals surface area contributed by atoms with Crippen LogP contribution in [0.3, 0.4) is 0 Å². The van der Waals surface area contributed by atoms with E-state index >= 15 is 0 Å². The van der Waals surface area contributed by atoms with E-state index in [1.165, 1.54) is 12.8 Å². The SMILES string of the molecule is COc1ccc(CCC(=O)Nc2cc(S(=O)(=O)N3CCCCC3)ccc2N2CCCCCC2)cc1. The van der Waals surface area contributed by atoms with Gasteiger partial charge in [-0.15, -0.1) is 0 Å². The highest BCUT2D eigenvalue weighted by atomic mass is 32.2. The van der Waals surface area contributed by atoms with E-state index in [1.54, 1.807) is 23.5 Å². The predicted octanol–water partition coefficient (Wildman–Crippen LogP) is 4.82. The van der Waals surface area contributed by atoms with Crippen molar-refractivity contribution in [3.8, 4) is 5.75 Å². The summed E-state index contributed by atoms with van der Waals surface area (Å²) in [4.78, 5) is 15.5. The number of anilines is 2. The maximum Gasteiger partial charge on any atom is 0.243 e. The van der Waals surface area contributed by atoms with Gasteiger partial charge in [0.25, 0.3) is 0 Å². The number of carbonyl (C=O) groups excluding carboxylic acids is 1. The molecule has 2 aromatic carbocycles. The van der Waals surface area contributed by atoms with E-state index in [-0.39, 0.29) is 10.8 Å². The lowest BCUT2D eigenvalue weighted by atomic mass is 10.1. The van der Waals surface area contributed by atoms with Crippen molar-refractivity contribution in [3.63, 3.8) is 0 Å². The molecule has 2 aliphatic heterocycles. The number of rotatable bonds is 8. The van der Waals surface area contributed by atoms with Crippen molar-refractivity contribution in [3.05, 3.63) is 48.0 Å². The minimum atomic E-state index is -3.59. The number of benzene rings is 2. The van der Waals surface area contributed by atoms with Crippen molar-refractivity contribution >= 4 is 27.3 Å². The molecule has 7 nitrogen and oxygen atoms in total. The molecule has 0 radical (unpaired) electrons. The lowest BCUT2D eigenvalue weighted by Crippen LogP contribution is -2.35. The highest BCUT2D eigenvalue weighted by Crippen LogP contribution is 2.32. The van der Waals surface area contributed by atoms with Gasteiger partial charge in [-0.2, -0.15) is 4.31 Å². The predicted molar refractivity (Wildman–Crippen MR) is 140 cm³/mol. The Morgan fingerprint density at radius 3 is 2.17 bits per heavy atom. The number of piperidine rings is 1. The van der Waals surface area contributed by atoms with Crippen molar-refractivity contribution < 1.29 is 17.9 Å². The third-order valence-electron chi connectivity index (χ3n) is 6.94. The minimum Gasteiger partial charge on any atom is -0.497 e. The molecule has 0 aromatic heterocycles. The fraction of sp³-hybridized carbons (Fsp3) is 0.519. The summed E-state index contributed by atoms with van der Waals surface area (Å²) in [5.74, 6) is 0.663. The van der Waals surface area contributed by atoms with Gasteiger partial charge in [-0.25, -0.2) is 8.42 Å². The summed E-state index contributed by atoms with van der Waals surface area (Å²) < 4.78 is 33.4. The Balaban J connectivity index is 1.54. The Bertz CT molecular complexity index is 1090. The van der Waals surface area contributed by atoms with Crippen LogP contribution in [0.15, 0.2) is 47.4 Å². The first-order valence-corrected chi connectivity index (χ1v) is 14.2. The number of nitrogens with one attached hydrogen (secondary N) is 1. The van der Waals surface area contributed by atoms with Crippen LogP contribution < -0.4 is 15.0 Å². The second-order valence-electron chi connectivity index (χ2n) is 9.44. The Kier molecular flexibility index (Phi) is 8.68. The second-order valence-corrected chi connectivity index (χ2v) is 11.4. The zero-order chi connectivity index (χ0) is 24.7. The first-order valence-electron chi connectivity index (χ1n) is 12.8. The van der Waals surface area contributed by atoms with E-state index in [1.807, 2.05) is 30.3 Å². The van der Waals surface area contributed by atoms with Crippen LogP contribution in [0.2, 0.25) is 0 Å². The van der Waals surface area contributed by atoms with E-state index in [0.29, 0.717) is 31.6 Å². The molecule has 0 saturated carbocycles. The molecular formula is C27H37N3O4S. The Morgan fingerprint density at radius 2 is 1.51 bits per heavy atom. The molecule has 1 amide bonds. The first kappa shape index (κ1) is 25.5. The standard InChI is InChI=1S/C27H37N3O4S/c1-34-23-12-9-22(10-13-23)11-16-27(31)28-25-21-24(35(32,33)30-19-7-4-8-20-30)14-15-26(25)29-17-5-2-3-6-18-29/h9-10,12-15,21H,2-8,11,16-20H2,1H3,(H,28,31). The number of aryl methyl sites for hydroxylation is 1. The number of hydrogen-bond acceptors (Lipinski definition) is 5. The highest BCUT2D eigenvalue weighted by Gasteiger charge is 2.27. The zero-order valence-corrected chi connectivity index (χ0v) is 21.5. The third kappa shape index (κ3) is 6.55. The zero-order valence-electron chi connectivity index (χ0n) is 20.7. The third-order valence-corrected chi connectivity index (χ3v) is 8.84. The van der Waals surface area contributed by atoms with Crippen molar-refractivity contribution in [1.82, 2.24) is 4.31 Å². The van der Waals surface area contributed by atoms with E-state index < -0.39 is 10.0 Å². The Hall–Kier alpha value is -2.58. The van der Waals surface area contributed by atoms with Gasteiger partial charge in [0.2, 0.25) is 15.9 Å². The molecule has 0 unspecified atom stereocenters. The van der Waals surface area contributed by atoms with Crippen LogP contribution >= 0.6 is 0 Å². The van der Waals surface area contributed by atoms with Gasteiger partial charge in [0, 0.05) is 32.6 Å². The molecule has 2 saturated heterocycles. The van der Waals surface area contributed by atoms with Gasteiger partial charge in [-0.1, -0.05) is 31.4 Å². The van der Waals surface area contributed by atoms with Crippen LogP contribution in [0.1, 0.15) is 56.9 Å². The molecule has 4 rings (SSSR count). The number of sulfonamides is 1. The van der Waals surface area contributed by atoms with E-state index in [2.05, 4.69) is 10.2 Å². The summed E-state index contributed by atoms with van der Waals surface area (Å²) in [5.41, 5.74) is 2.54. The minimum absolute atomic E-state index is 0.121. The maximum atomic E-state index is 13.3. The number of amides is 1. The van der Waals surface area contributed by atoms with Crippen LogP contribution in [0.25, 0.3) is 0 Å². The van der Waals surface area contributed by atoms with Gasteiger partial charge in [0.05, 0.1) is 23.4 Å². The van der Waals surface area contributed by atoms with E-state index in [0.717, 1.165) is 62.2 Å². The Labute approximate surface area is 209 Å². The van der Waals surface area contributed by atoms with Crippen molar-refractivity contribution in [2.75, 3.05) is 43.5 Å². The highest BCUT2D eigenvalue weighted by molar-refractivity contribution is 7.89. The average Bonchev–Trinajstić information content (AvgIpc) is 3.18. The fourth-order valence-corrected chi connectivity index (χ4v) is 6.42. The number of hydrogen-bond donors (Lipinski definition) is 1. The van der Waals surface area contributed by atoms with Gasteiger partial charge in [-0.3, -0.25) is 4.79 Å². The molecule has 0 atom stereocenters. The molecule has 2 fully saturated rings. The lowest BCUT2D eigenvalue weighted by molar-refractivity contribution is -0.116. The Morgan fingerprint density at radius 1 is 0.886 bits per heavy atom. The second kappa shape index (κ2) is 11.9. The molecule has 2 aromatic rings. The number of carbonyl (C=O) groups is 1. The topological polar surface area (TPSA) is 78.9 Å². The van der Waals surface area contributed by atoms with Crippen LogP contribution in [0.4, 0.5) is 11.4 Å². The summed E-state index contributed by atoms with van der Waals surface area (Å²) in [7, 11) is -1.96. The quantitative estimate of drug-likeness (QED) is 0.563. The van der Waals surface area contributed by atoms with E-state index in [9.17, 15) is 13.2 Å². The summed E-state index contributed by atoms with van der Waals surface area (Å²) in [6, 6.07) is 12.9. The molecule has 0 spiro atoms. The average molecular weight is 500 g/mol. The smallest absolute Gasteiger partial charge is 0.243 e. The monoisotopic (exact) mass is 499 g/mol. The maximum absolute atomic E-state index is 13.3. The molecule has 35 heavy (non-hydrogen) atoms. The van der Waals surface area contributed by atoms with Crippen molar-refractivity contribution in [2.45, 2.75) is 62.7 Å². The normalized spacial score (nSPS) is 17.6. The van der Waals surface area contributed by atoms with E-state index in [4.69, 9.17) is 4.74 Å².